The average molecular weight is 187 g/mol. The molecule has 1 aromatic carbocycles. The van der Waals surface area contributed by atoms with E-state index in [0.29, 0.717) is 5.92 Å². The molecule has 74 valence electrons. The lowest BCUT2D eigenvalue weighted by molar-refractivity contribution is 0.647. The van der Waals surface area contributed by atoms with E-state index < -0.39 is 0 Å². The van der Waals surface area contributed by atoms with Crippen molar-refractivity contribution in [2.75, 3.05) is 0 Å². The smallest absolute Gasteiger partial charge is 0.0697 e. The van der Waals surface area contributed by atoms with Gasteiger partial charge in [0.15, 0.2) is 0 Å². The molecule has 0 aliphatic carbocycles. The van der Waals surface area contributed by atoms with Crippen LogP contribution in [0.3, 0.4) is 0 Å². The Hall–Kier alpha value is -1.37. The van der Waals surface area contributed by atoms with Crippen molar-refractivity contribution in [1.29, 1.82) is 0 Å². The molecule has 0 unspecified atom stereocenters. The summed E-state index contributed by atoms with van der Waals surface area (Å²) in [5, 5.41) is 0. The zero-order valence-corrected chi connectivity index (χ0v) is 8.96. The van der Waals surface area contributed by atoms with Gasteiger partial charge in [0.05, 0.1) is 5.69 Å². The maximum atomic E-state index is 3.99. The van der Waals surface area contributed by atoms with Gasteiger partial charge in [0, 0.05) is 0 Å². The minimum Gasteiger partial charge on any atom is -0.264 e. The van der Waals surface area contributed by atoms with Crippen LogP contribution >= 0.6 is 0 Å². The topological polar surface area (TPSA) is 12.4 Å². The highest BCUT2D eigenvalue weighted by Gasteiger charge is 2.01. The Labute approximate surface area is 86.2 Å². The van der Waals surface area contributed by atoms with Crippen LogP contribution in [0.2, 0.25) is 0 Å². The van der Waals surface area contributed by atoms with Crippen LogP contribution in [0.15, 0.2) is 29.8 Å². The number of rotatable bonds is 4. The molecule has 0 fully saturated rings. The quantitative estimate of drug-likeness (QED) is 0.635. The van der Waals surface area contributed by atoms with Crippen molar-refractivity contribution in [1.82, 2.24) is 0 Å². The lowest BCUT2D eigenvalue weighted by Crippen LogP contribution is -1.93. The van der Waals surface area contributed by atoms with Crippen LogP contribution in [0.4, 0.5) is 5.69 Å². The van der Waals surface area contributed by atoms with E-state index >= 15 is 0 Å². The Morgan fingerprint density at radius 1 is 1.43 bits per heavy atom. The molecule has 0 atom stereocenters. The van der Waals surface area contributed by atoms with Crippen LogP contribution in [0.1, 0.15) is 25.0 Å². The third-order valence-electron chi connectivity index (χ3n) is 2.13. The first-order valence-electron chi connectivity index (χ1n) is 4.89. The van der Waals surface area contributed by atoms with Crippen molar-refractivity contribution < 1.29 is 0 Å². The largest absolute Gasteiger partial charge is 0.264 e. The predicted octanol–water partition coefficient (Wildman–Crippen LogP) is 3.86. The van der Waals surface area contributed by atoms with Gasteiger partial charge >= 0.3 is 0 Å². The fourth-order valence-electron chi connectivity index (χ4n) is 1.50. The van der Waals surface area contributed by atoms with Crippen molar-refractivity contribution in [3.63, 3.8) is 0 Å². The highest BCUT2D eigenvalue weighted by molar-refractivity contribution is 5.65. The summed E-state index contributed by atoms with van der Waals surface area (Å²) in [5.74, 6) is 0.669. The summed E-state index contributed by atoms with van der Waals surface area (Å²) in [6.45, 7) is 11.7. The molecule has 0 aromatic heterocycles. The van der Waals surface area contributed by atoms with E-state index in [9.17, 15) is 0 Å². The van der Waals surface area contributed by atoms with Crippen molar-refractivity contribution >= 4 is 18.5 Å². The lowest BCUT2D eigenvalue weighted by Gasteiger charge is -2.07. The molecule has 14 heavy (non-hydrogen) atoms. The number of hydrogen-bond acceptors (Lipinski definition) is 1. The van der Waals surface area contributed by atoms with Crippen molar-refractivity contribution in [2.24, 2.45) is 10.9 Å². The van der Waals surface area contributed by atoms with Crippen LogP contribution in [-0.2, 0) is 6.42 Å². The van der Waals surface area contributed by atoms with E-state index in [-0.39, 0.29) is 0 Å². The third-order valence-corrected chi connectivity index (χ3v) is 2.13. The maximum absolute atomic E-state index is 3.99. The zero-order chi connectivity index (χ0) is 10.6. The third kappa shape index (κ3) is 2.56. The molecule has 0 aliphatic heterocycles. The highest BCUT2D eigenvalue weighted by Crippen LogP contribution is 2.22. The molecule has 0 amide bonds. The highest BCUT2D eigenvalue weighted by atomic mass is 14.7. The Morgan fingerprint density at radius 2 is 2.14 bits per heavy atom. The second-order valence-corrected chi connectivity index (χ2v) is 3.85. The standard InChI is InChI=1S/C13H17N/c1-5-12-7-6-11(8-10(2)3)9-13(12)14-4/h5-7,9-10H,1,4,8H2,2-3H3. The number of nitrogens with zero attached hydrogens (tertiary/aromatic N) is 1. The van der Waals surface area contributed by atoms with E-state index in [4.69, 9.17) is 0 Å². The van der Waals surface area contributed by atoms with Gasteiger partial charge in [0.2, 0.25) is 0 Å². The minimum atomic E-state index is 0.669. The van der Waals surface area contributed by atoms with Gasteiger partial charge < -0.3 is 0 Å². The van der Waals surface area contributed by atoms with Gasteiger partial charge in [-0.05, 0) is 36.2 Å². The van der Waals surface area contributed by atoms with Crippen LogP contribution < -0.4 is 0 Å². The van der Waals surface area contributed by atoms with Crippen LogP contribution in [0.5, 0.6) is 0 Å². The summed E-state index contributed by atoms with van der Waals surface area (Å²) < 4.78 is 0. The summed E-state index contributed by atoms with van der Waals surface area (Å²) in [5.41, 5.74) is 3.29. The van der Waals surface area contributed by atoms with Gasteiger partial charge in [0.1, 0.15) is 0 Å². The molecule has 0 heterocycles. The summed E-state index contributed by atoms with van der Waals surface area (Å²) in [4.78, 5) is 3.99. The van der Waals surface area contributed by atoms with Crippen LogP contribution in [0.25, 0.3) is 6.08 Å². The van der Waals surface area contributed by atoms with Gasteiger partial charge in [-0.3, -0.25) is 4.99 Å². The molecule has 1 aromatic rings. The minimum absolute atomic E-state index is 0.669. The first kappa shape index (κ1) is 10.7. The molecule has 1 rings (SSSR count). The average Bonchev–Trinajstić information content (AvgIpc) is 2.16. The summed E-state index contributed by atoms with van der Waals surface area (Å²) in [6, 6.07) is 6.27. The Kier molecular flexibility index (Phi) is 3.63. The molecule has 0 aliphatic rings. The molecular formula is C13H17N. The Balaban J connectivity index is 3.01. The molecule has 1 nitrogen and oxygen atoms in total. The molecule has 0 saturated heterocycles. The van der Waals surface area contributed by atoms with Gasteiger partial charge in [-0.2, -0.15) is 0 Å². The van der Waals surface area contributed by atoms with E-state index in [1.807, 2.05) is 6.08 Å². The number of benzene rings is 1. The van der Waals surface area contributed by atoms with E-state index in [1.54, 1.807) is 0 Å². The molecule has 0 N–H and O–H groups in total. The molecule has 1 heteroatoms. The molecule has 0 radical (unpaired) electrons. The van der Waals surface area contributed by atoms with E-state index in [0.717, 1.165) is 17.7 Å². The van der Waals surface area contributed by atoms with Crippen molar-refractivity contribution in [3.05, 3.63) is 35.9 Å². The Bertz CT molecular complexity index is 337. The fourth-order valence-corrected chi connectivity index (χ4v) is 1.50. The van der Waals surface area contributed by atoms with Crippen LogP contribution in [-0.4, -0.2) is 6.72 Å². The molecule has 0 bridgehead atoms. The summed E-state index contributed by atoms with van der Waals surface area (Å²) >= 11 is 0. The maximum Gasteiger partial charge on any atom is 0.0697 e. The first-order chi connectivity index (χ1) is 6.67. The Morgan fingerprint density at radius 3 is 2.64 bits per heavy atom. The normalized spacial score (nSPS) is 10.2. The monoisotopic (exact) mass is 187 g/mol. The van der Waals surface area contributed by atoms with Gasteiger partial charge in [-0.25, -0.2) is 0 Å². The van der Waals surface area contributed by atoms with Crippen LogP contribution in [0, 0.1) is 5.92 Å². The van der Waals surface area contributed by atoms with E-state index in [1.165, 1.54) is 5.56 Å². The summed E-state index contributed by atoms with van der Waals surface area (Å²) in [7, 11) is 0. The fraction of sp³-hybridized carbons (Fsp3) is 0.308. The van der Waals surface area contributed by atoms with Gasteiger partial charge in [-0.15, -0.1) is 0 Å². The molecule has 0 saturated carbocycles. The van der Waals surface area contributed by atoms with Crippen molar-refractivity contribution in [3.8, 4) is 0 Å². The van der Waals surface area contributed by atoms with Gasteiger partial charge in [0.25, 0.3) is 0 Å². The second-order valence-electron chi connectivity index (χ2n) is 3.85. The van der Waals surface area contributed by atoms with Gasteiger partial charge in [-0.1, -0.05) is 38.6 Å². The lowest BCUT2D eigenvalue weighted by atomic mass is 10.0. The second kappa shape index (κ2) is 4.75. The SMILES string of the molecule is C=Cc1ccc(CC(C)C)cc1N=C. The molecular weight excluding hydrogens is 170 g/mol. The number of hydrogen-bond donors (Lipinski definition) is 0. The summed E-state index contributed by atoms with van der Waals surface area (Å²) in [6.07, 6.45) is 2.89. The van der Waals surface area contributed by atoms with E-state index in [2.05, 4.69) is 50.3 Å². The predicted molar refractivity (Wildman–Crippen MR) is 64.3 cm³/mol. The zero-order valence-electron chi connectivity index (χ0n) is 8.96. The number of aliphatic imine (C=N–C) groups is 1. The first-order valence-corrected chi connectivity index (χ1v) is 4.89. The van der Waals surface area contributed by atoms with Crippen molar-refractivity contribution in [2.45, 2.75) is 20.3 Å². The molecule has 0 spiro atoms.